The summed E-state index contributed by atoms with van der Waals surface area (Å²) in [6.45, 7) is 10.5. The van der Waals surface area contributed by atoms with E-state index >= 15 is 0 Å². The molecule has 0 bridgehead atoms. The molecule has 0 amide bonds. The first-order valence-corrected chi connectivity index (χ1v) is 8.06. The maximum atomic E-state index is 5.67. The van der Waals surface area contributed by atoms with Gasteiger partial charge >= 0.3 is 0 Å². The Labute approximate surface area is 133 Å². The summed E-state index contributed by atoms with van der Waals surface area (Å²) in [5.41, 5.74) is 8.65. The highest BCUT2D eigenvalue weighted by molar-refractivity contribution is 5.39. The van der Waals surface area contributed by atoms with Crippen molar-refractivity contribution in [3.63, 3.8) is 0 Å². The van der Waals surface area contributed by atoms with Crippen LogP contribution in [0, 0.1) is 5.92 Å². The van der Waals surface area contributed by atoms with Crippen molar-refractivity contribution in [3.05, 3.63) is 54.5 Å². The first-order chi connectivity index (χ1) is 10.6. The Balaban J connectivity index is 1.58. The second-order valence-electron chi connectivity index (χ2n) is 6.06. The fourth-order valence-corrected chi connectivity index (χ4v) is 2.69. The summed E-state index contributed by atoms with van der Waals surface area (Å²) in [5.74, 6) is 1.63. The molecule has 0 radical (unpaired) electrons. The van der Waals surface area contributed by atoms with Crippen molar-refractivity contribution in [3.8, 4) is 0 Å². The summed E-state index contributed by atoms with van der Waals surface area (Å²) in [7, 11) is 0. The number of anilines is 1. The lowest BCUT2D eigenvalue weighted by molar-refractivity contribution is 0.512. The molecule has 4 nitrogen and oxygen atoms in total. The van der Waals surface area contributed by atoms with E-state index in [9.17, 15) is 0 Å². The van der Waals surface area contributed by atoms with Crippen LogP contribution in [0.5, 0.6) is 0 Å². The van der Waals surface area contributed by atoms with Gasteiger partial charge in [-0.25, -0.2) is 0 Å². The molecule has 0 unspecified atom stereocenters. The molecule has 0 spiro atoms. The third-order valence-corrected chi connectivity index (χ3v) is 4.12. The molecule has 1 aromatic carbocycles. The van der Waals surface area contributed by atoms with E-state index in [1.807, 2.05) is 24.3 Å². The van der Waals surface area contributed by atoms with Gasteiger partial charge in [0, 0.05) is 24.5 Å². The zero-order chi connectivity index (χ0) is 15.8. The van der Waals surface area contributed by atoms with Crippen molar-refractivity contribution in [1.29, 1.82) is 0 Å². The highest BCUT2D eigenvalue weighted by Crippen LogP contribution is 2.23. The predicted molar refractivity (Wildman–Crippen MR) is 93.9 cm³/mol. The van der Waals surface area contributed by atoms with Gasteiger partial charge in [0.1, 0.15) is 0 Å². The minimum atomic E-state index is 0.695. The molecule has 1 aromatic rings. The summed E-state index contributed by atoms with van der Waals surface area (Å²) in [6, 6.07) is 7.83. The largest absolute Gasteiger partial charge is 0.399 e. The molecular weight excluding hydrogens is 272 g/mol. The Kier molecular flexibility index (Phi) is 6.19. The molecule has 1 aliphatic carbocycles. The van der Waals surface area contributed by atoms with Gasteiger partial charge in [-0.05, 0) is 36.5 Å². The van der Waals surface area contributed by atoms with Crippen LogP contribution in [0.25, 0.3) is 0 Å². The van der Waals surface area contributed by atoms with Gasteiger partial charge in [-0.1, -0.05) is 38.1 Å². The fourth-order valence-electron chi connectivity index (χ4n) is 2.69. The van der Waals surface area contributed by atoms with Crippen LogP contribution in [0.15, 0.2) is 48.9 Å². The topological polar surface area (TPSA) is 62.1 Å². The smallest absolute Gasteiger partial charge is 0.0918 e. The lowest BCUT2D eigenvalue weighted by Gasteiger charge is -2.16. The van der Waals surface area contributed by atoms with Crippen LogP contribution >= 0.6 is 0 Å². The average Bonchev–Trinajstić information content (AvgIpc) is 3.04. The maximum absolute atomic E-state index is 5.67. The van der Waals surface area contributed by atoms with E-state index in [0.29, 0.717) is 6.54 Å². The fraction of sp³-hybridized carbons (Fsp3) is 0.444. The Morgan fingerprint density at radius 2 is 1.73 bits per heavy atom. The lowest BCUT2D eigenvalue weighted by atomic mass is 10.1. The van der Waals surface area contributed by atoms with Crippen molar-refractivity contribution in [2.24, 2.45) is 5.92 Å². The highest BCUT2D eigenvalue weighted by atomic mass is 15.1. The monoisotopic (exact) mass is 300 g/mol. The summed E-state index contributed by atoms with van der Waals surface area (Å²) >= 11 is 0. The molecular formula is C18H28N4. The second-order valence-corrected chi connectivity index (χ2v) is 6.06. The predicted octanol–water partition coefficient (Wildman–Crippen LogP) is 2.71. The summed E-state index contributed by atoms with van der Waals surface area (Å²) in [4.78, 5) is 0. The van der Waals surface area contributed by atoms with Crippen molar-refractivity contribution >= 4 is 5.69 Å². The minimum absolute atomic E-state index is 0.695. The van der Waals surface area contributed by atoms with Gasteiger partial charge in [-0.2, -0.15) is 0 Å². The number of nitrogen functional groups attached to an aromatic ring is 1. The van der Waals surface area contributed by atoms with Crippen LogP contribution in [-0.4, -0.2) is 13.1 Å². The van der Waals surface area contributed by atoms with Gasteiger partial charge in [0.15, 0.2) is 0 Å². The number of nitrogens with one attached hydrogen (secondary N) is 3. The molecule has 0 aliphatic heterocycles. The molecule has 0 heterocycles. The quantitative estimate of drug-likeness (QED) is 0.530. The van der Waals surface area contributed by atoms with Crippen LogP contribution in [0.3, 0.4) is 0 Å². The number of hydrogen-bond donors (Lipinski definition) is 4. The number of benzene rings is 1. The third-order valence-electron chi connectivity index (χ3n) is 4.12. The normalized spacial score (nSPS) is 14.5. The van der Waals surface area contributed by atoms with E-state index in [1.165, 1.54) is 31.2 Å². The molecule has 5 N–H and O–H groups in total. The number of nitrogens with two attached hydrogens (primary N) is 1. The van der Waals surface area contributed by atoms with Gasteiger partial charge < -0.3 is 21.7 Å². The zero-order valence-electron chi connectivity index (χ0n) is 13.3. The minimum Gasteiger partial charge on any atom is -0.399 e. The molecule has 0 saturated heterocycles. The Hall–Kier alpha value is -2.10. The lowest BCUT2D eigenvalue weighted by Crippen LogP contribution is -2.31. The SMILES string of the molecule is C=C(CNC(=C)NCc1ccc(N)cc1)NCC1CCCC1. The molecule has 1 fully saturated rings. The highest BCUT2D eigenvalue weighted by Gasteiger charge is 2.14. The molecule has 120 valence electrons. The molecule has 22 heavy (non-hydrogen) atoms. The Morgan fingerprint density at radius 1 is 1.05 bits per heavy atom. The van der Waals surface area contributed by atoms with Crippen LogP contribution in [-0.2, 0) is 6.54 Å². The van der Waals surface area contributed by atoms with Gasteiger partial charge in [0.05, 0.1) is 12.4 Å². The van der Waals surface area contributed by atoms with Crippen molar-refractivity contribution in [2.75, 3.05) is 18.8 Å². The number of hydrogen-bond acceptors (Lipinski definition) is 4. The van der Waals surface area contributed by atoms with Crippen molar-refractivity contribution < 1.29 is 0 Å². The van der Waals surface area contributed by atoms with Crippen molar-refractivity contribution in [2.45, 2.75) is 32.2 Å². The van der Waals surface area contributed by atoms with E-state index < -0.39 is 0 Å². The zero-order valence-corrected chi connectivity index (χ0v) is 13.3. The van der Waals surface area contributed by atoms with Crippen LogP contribution in [0.2, 0.25) is 0 Å². The summed E-state index contributed by atoms with van der Waals surface area (Å²) in [6.07, 6.45) is 5.46. The van der Waals surface area contributed by atoms with E-state index in [2.05, 4.69) is 29.1 Å². The van der Waals surface area contributed by atoms with Gasteiger partial charge in [0.2, 0.25) is 0 Å². The molecule has 4 heteroatoms. The summed E-state index contributed by atoms with van der Waals surface area (Å²) in [5, 5.41) is 9.92. The van der Waals surface area contributed by atoms with Crippen LogP contribution in [0.1, 0.15) is 31.2 Å². The van der Waals surface area contributed by atoms with Crippen molar-refractivity contribution in [1.82, 2.24) is 16.0 Å². The van der Waals surface area contributed by atoms with E-state index in [1.54, 1.807) is 0 Å². The maximum Gasteiger partial charge on any atom is 0.0918 e. The van der Waals surface area contributed by atoms with Crippen LogP contribution < -0.4 is 21.7 Å². The first kappa shape index (κ1) is 16.3. The number of rotatable bonds is 9. The summed E-state index contributed by atoms with van der Waals surface area (Å²) < 4.78 is 0. The molecule has 0 atom stereocenters. The van der Waals surface area contributed by atoms with Crippen LogP contribution in [0.4, 0.5) is 5.69 Å². The Bertz CT molecular complexity index is 486. The van der Waals surface area contributed by atoms with E-state index in [0.717, 1.165) is 36.2 Å². The molecule has 1 aliphatic rings. The van der Waals surface area contributed by atoms with Gasteiger partial charge in [-0.15, -0.1) is 0 Å². The second kappa shape index (κ2) is 8.37. The first-order valence-electron chi connectivity index (χ1n) is 8.06. The molecule has 0 aromatic heterocycles. The standard InChI is InChI=1S/C18H28N4/c1-14(20-12-16-5-3-4-6-16)11-21-15(2)22-13-17-7-9-18(19)10-8-17/h7-10,16,20-22H,1-6,11-13,19H2. The van der Waals surface area contributed by atoms with E-state index in [-0.39, 0.29) is 0 Å². The average molecular weight is 300 g/mol. The molecule has 2 rings (SSSR count). The Morgan fingerprint density at radius 3 is 2.41 bits per heavy atom. The van der Waals surface area contributed by atoms with E-state index in [4.69, 9.17) is 5.73 Å². The third kappa shape index (κ3) is 5.72. The molecule has 1 saturated carbocycles. The van der Waals surface area contributed by atoms with Gasteiger partial charge in [0.25, 0.3) is 0 Å². The van der Waals surface area contributed by atoms with Gasteiger partial charge in [-0.3, -0.25) is 0 Å².